The van der Waals surface area contributed by atoms with E-state index in [1.807, 2.05) is 0 Å². The zero-order valence-electron chi connectivity index (χ0n) is 29.8. The van der Waals surface area contributed by atoms with Crippen molar-refractivity contribution >= 4 is 45.1 Å². The Balaban J connectivity index is 1.03. The average Bonchev–Trinajstić information content (AvgIpc) is 3.13. The Hall–Kier alpha value is -5.34. The molecule has 52 heavy (non-hydrogen) atoms. The summed E-state index contributed by atoms with van der Waals surface area (Å²) in [6.07, 6.45) is 6.31. The molecule has 0 saturated carbocycles. The van der Waals surface area contributed by atoms with Crippen LogP contribution in [0.5, 0.6) is 23.0 Å². The van der Waals surface area contributed by atoms with Crippen molar-refractivity contribution in [3.63, 3.8) is 0 Å². The van der Waals surface area contributed by atoms with E-state index >= 15 is 0 Å². The molecule has 0 bridgehead atoms. The first-order valence-electron chi connectivity index (χ1n) is 17.4. The molecule has 2 aliphatic rings. The van der Waals surface area contributed by atoms with Crippen LogP contribution in [0.3, 0.4) is 0 Å². The Morgan fingerprint density at radius 2 is 1.08 bits per heavy atom. The van der Waals surface area contributed by atoms with Crippen LogP contribution in [0.2, 0.25) is 0 Å². The fraction of sp³-hybridized carbons (Fsp3) is 0.421. The van der Waals surface area contributed by atoms with Crippen LogP contribution in [-0.2, 0) is 9.59 Å². The largest absolute Gasteiger partial charge is 0.490 e. The lowest BCUT2D eigenvalue weighted by Gasteiger charge is -2.29. The normalized spacial score (nSPS) is 16.3. The molecule has 2 amide bonds. The minimum Gasteiger partial charge on any atom is -0.490 e. The van der Waals surface area contributed by atoms with E-state index in [1.165, 1.54) is 38.5 Å². The van der Waals surface area contributed by atoms with Gasteiger partial charge in [0.15, 0.2) is 22.7 Å². The van der Waals surface area contributed by atoms with Gasteiger partial charge in [0.05, 0.1) is 14.2 Å². The van der Waals surface area contributed by atoms with Crippen molar-refractivity contribution in [2.45, 2.75) is 50.7 Å². The molecule has 4 heterocycles. The molecule has 2 aromatic carbocycles. The van der Waals surface area contributed by atoms with E-state index in [4.69, 9.17) is 27.8 Å². The molecule has 2 N–H and O–H groups in total. The highest BCUT2D eigenvalue weighted by Gasteiger charge is 2.24. The molecule has 0 spiro atoms. The summed E-state index contributed by atoms with van der Waals surface area (Å²) >= 11 is 0. The Labute approximate surface area is 300 Å². The van der Waals surface area contributed by atoms with Gasteiger partial charge in [0, 0.05) is 49.8 Å². The van der Waals surface area contributed by atoms with E-state index in [0.717, 1.165) is 51.9 Å². The number of nitrogens with zero attached hydrogens (tertiary/aromatic N) is 2. The second-order valence-corrected chi connectivity index (χ2v) is 13.1. The molecule has 0 unspecified atom stereocenters. The van der Waals surface area contributed by atoms with Gasteiger partial charge in [-0.25, -0.2) is 9.59 Å². The molecular formula is C38H44N4O10. The van der Waals surface area contributed by atoms with Crippen LogP contribution in [0.25, 0.3) is 21.9 Å². The molecule has 2 fully saturated rings. The number of likely N-dealkylation sites (tertiary alicyclic amines) is 2. The highest BCUT2D eigenvalue weighted by molar-refractivity contribution is 5.96. The molecule has 0 atom stereocenters. The summed E-state index contributed by atoms with van der Waals surface area (Å²) in [4.78, 5) is 55.4. The minimum atomic E-state index is -0.744. The Morgan fingerprint density at radius 1 is 0.692 bits per heavy atom. The zero-order chi connectivity index (χ0) is 36.8. The van der Waals surface area contributed by atoms with E-state index in [1.54, 1.807) is 24.3 Å². The maximum Gasteiger partial charge on any atom is 0.360 e. The first-order valence-corrected chi connectivity index (χ1v) is 17.4. The highest BCUT2D eigenvalue weighted by Crippen LogP contribution is 2.38. The van der Waals surface area contributed by atoms with Gasteiger partial charge in [-0.3, -0.25) is 9.59 Å². The van der Waals surface area contributed by atoms with Gasteiger partial charge < -0.3 is 48.2 Å². The number of hydrogen-bond donors (Lipinski definition) is 2. The fourth-order valence-corrected chi connectivity index (χ4v) is 6.38. The molecule has 6 rings (SSSR count). The molecule has 276 valence electrons. The monoisotopic (exact) mass is 716 g/mol. The summed E-state index contributed by atoms with van der Waals surface area (Å²) in [5, 5.41) is 6.23. The second kappa shape index (κ2) is 16.3. The van der Waals surface area contributed by atoms with Gasteiger partial charge >= 0.3 is 11.3 Å². The molecule has 14 nitrogen and oxygen atoms in total. The first-order chi connectivity index (χ1) is 25.1. The van der Waals surface area contributed by atoms with E-state index in [0.29, 0.717) is 33.8 Å². The van der Waals surface area contributed by atoms with Gasteiger partial charge in [-0.15, -0.1) is 0 Å². The Bertz CT molecular complexity index is 1930. The lowest BCUT2D eigenvalue weighted by molar-refractivity contribution is -0.116. The van der Waals surface area contributed by atoms with Gasteiger partial charge in [-0.05, 0) is 76.2 Å². The summed E-state index contributed by atoms with van der Waals surface area (Å²) in [6.45, 7) is 3.71. The standard InChI is InChI=1S/C38H44N4O10/c1-41-17-13-25(14-18-41)49-29-11-9-23-21-27(37(45)51-33(23)35(29)47-3)39-31(43)7-5-6-8-32(44)40-28-22-24-10-12-30(36(48-4)34(24)52-38(28)46)50-26-15-19-42(2)20-16-26/h5-6,9-12,21-22,25-26H,7-8,13-20H2,1-4H3,(H,39,43)(H,40,44)/b6-5+. The number of ether oxygens (including phenoxy) is 4. The summed E-state index contributed by atoms with van der Waals surface area (Å²) in [5.74, 6) is 0.638. The number of amides is 2. The van der Waals surface area contributed by atoms with Crippen LogP contribution >= 0.6 is 0 Å². The maximum atomic E-state index is 12.8. The summed E-state index contributed by atoms with van der Waals surface area (Å²) < 4.78 is 34.6. The topological polar surface area (TPSA) is 162 Å². The van der Waals surface area contributed by atoms with Crippen LogP contribution in [0.4, 0.5) is 11.4 Å². The summed E-state index contributed by atoms with van der Waals surface area (Å²) in [5.41, 5.74) is -1.10. The number of rotatable bonds is 12. The highest BCUT2D eigenvalue weighted by atomic mass is 16.5. The average molecular weight is 717 g/mol. The first kappa shape index (κ1) is 36.5. The lowest BCUT2D eigenvalue weighted by Crippen LogP contribution is -2.35. The van der Waals surface area contributed by atoms with Crippen LogP contribution in [0, 0.1) is 0 Å². The van der Waals surface area contributed by atoms with Crippen LogP contribution in [-0.4, -0.2) is 88.3 Å². The van der Waals surface area contributed by atoms with E-state index in [9.17, 15) is 19.2 Å². The Kier molecular flexibility index (Phi) is 11.5. The van der Waals surface area contributed by atoms with Crippen molar-refractivity contribution in [2.24, 2.45) is 0 Å². The zero-order valence-corrected chi connectivity index (χ0v) is 29.8. The van der Waals surface area contributed by atoms with Crippen molar-refractivity contribution in [1.29, 1.82) is 0 Å². The number of methoxy groups -OCH3 is 2. The summed E-state index contributed by atoms with van der Waals surface area (Å²) in [7, 11) is 7.11. The molecule has 2 aliphatic heterocycles. The maximum absolute atomic E-state index is 12.8. The predicted octanol–water partition coefficient (Wildman–Crippen LogP) is 4.78. The number of hydrogen-bond acceptors (Lipinski definition) is 12. The van der Waals surface area contributed by atoms with Gasteiger partial charge in [0.1, 0.15) is 23.6 Å². The number of fused-ring (bicyclic) bond motifs is 2. The lowest BCUT2D eigenvalue weighted by atomic mass is 10.1. The molecule has 14 heteroatoms. The quantitative estimate of drug-likeness (QED) is 0.153. The van der Waals surface area contributed by atoms with Crippen LogP contribution < -0.4 is 40.8 Å². The van der Waals surface area contributed by atoms with Crippen LogP contribution in [0.1, 0.15) is 38.5 Å². The fourth-order valence-electron chi connectivity index (χ4n) is 6.38. The molecular weight excluding hydrogens is 672 g/mol. The number of nitrogens with one attached hydrogen (secondary N) is 2. The molecule has 4 aromatic rings. The molecule has 2 saturated heterocycles. The smallest absolute Gasteiger partial charge is 0.360 e. The van der Waals surface area contributed by atoms with Crippen molar-refractivity contribution in [2.75, 3.05) is 65.1 Å². The molecule has 2 aromatic heterocycles. The number of piperidine rings is 2. The number of anilines is 2. The van der Waals surface area contributed by atoms with Gasteiger partial charge in [0.25, 0.3) is 0 Å². The van der Waals surface area contributed by atoms with Crippen molar-refractivity contribution in [1.82, 2.24) is 9.80 Å². The van der Waals surface area contributed by atoms with Gasteiger partial charge in [0.2, 0.25) is 23.3 Å². The predicted molar refractivity (Wildman–Crippen MR) is 196 cm³/mol. The van der Waals surface area contributed by atoms with Crippen LogP contribution in [0.15, 0.2) is 67.0 Å². The van der Waals surface area contributed by atoms with E-state index in [-0.39, 0.29) is 47.6 Å². The third kappa shape index (κ3) is 8.57. The second-order valence-electron chi connectivity index (χ2n) is 13.1. The van der Waals surface area contributed by atoms with Crippen molar-refractivity contribution in [3.05, 3.63) is 69.4 Å². The minimum absolute atomic E-state index is 0.0262. The Morgan fingerprint density at radius 3 is 1.44 bits per heavy atom. The summed E-state index contributed by atoms with van der Waals surface area (Å²) in [6, 6.07) is 10.1. The van der Waals surface area contributed by atoms with Crippen molar-refractivity contribution in [3.8, 4) is 23.0 Å². The SMILES string of the molecule is COc1c(OC2CCN(C)CC2)ccc2cc(NC(=O)C/C=C/CC(=O)Nc3cc4ccc(OC5CCN(C)CC5)c(OC)c4oc3=O)c(=O)oc12. The number of benzene rings is 2. The third-order valence-corrected chi connectivity index (χ3v) is 9.29. The van der Waals surface area contributed by atoms with E-state index < -0.39 is 23.1 Å². The number of carbonyl (C=O) groups is 2. The van der Waals surface area contributed by atoms with Gasteiger partial charge in [-0.1, -0.05) is 12.2 Å². The molecule has 0 aliphatic carbocycles. The third-order valence-electron chi connectivity index (χ3n) is 9.29. The van der Waals surface area contributed by atoms with Gasteiger partial charge in [-0.2, -0.15) is 0 Å². The molecule has 0 radical (unpaired) electrons. The number of carbonyl (C=O) groups excluding carboxylic acids is 2. The van der Waals surface area contributed by atoms with Crippen molar-refractivity contribution < 1.29 is 37.4 Å². The van der Waals surface area contributed by atoms with E-state index in [2.05, 4.69) is 34.5 Å².